The van der Waals surface area contributed by atoms with Crippen LogP contribution in [0, 0.1) is 11.8 Å². The van der Waals surface area contributed by atoms with Crippen LogP contribution < -0.4 is 5.32 Å². The second-order valence-electron chi connectivity index (χ2n) is 8.77. The zero-order valence-electron chi connectivity index (χ0n) is 18.2. The fourth-order valence-corrected chi connectivity index (χ4v) is 4.45. The number of rotatable bonds is 6. The third-order valence-electron chi connectivity index (χ3n) is 5.97. The highest BCUT2D eigenvalue weighted by Gasteiger charge is 2.28. The van der Waals surface area contributed by atoms with Crippen LogP contribution in [0.25, 0.3) is 0 Å². The zero-order valence-corrected chi connectivity index (χ0v) is 18.2. The first-order chi connectivity index (χ1) is 14.4. The number of likely N-dealkylation sites (tertiary alicyclic amines) is 1. The van der Waals surface area contributed by atoms with Gasteiger partial charge in [-0.15, -0.1) is 0 Å². The number of carbonyl (C=O) groups excluding carboxylic acids is 3. The fraction of sp³-hybridized carbons (Fsp3) is 0.609. The topological polar surface area (TPSA) is 73.0 Å². The fourth-order valence-electron chi connectivity index (χ4n) is 4.45. The smallest absolute Gasteiger partial charge is 0.251 e. The molecular weight excluding hydrogens is 380 g/mol. The number of nitrogens with one attached hydrogen (secondary N) is 1. The van der Waals surface area contributed by atoms with Crippen molar-refractivity contribution in [3.8, 4) is 0 Å². The van der Waals surface area contributed by atoms with Gasteiger partial charge in [-0.05, 0) is 30.4 Å². The van der Waals surface area contributed by atoms with Crippen LogP contribution >= 0.6 is 0 Å². The van der Waals surface area contributed by atoms with Gasteiger partial charge in [-0.25, -0.2) is 0 Å². The molecule has 2 heterocycles. The van der Waals surface area contributed by atoms with Gasteiger partial charge in [0.2, 0.25) is 11.8 Å². The van der Waals surface area contributed by atoms with E-state index in [-0.39, 0.29) is 17.7 Å². The molecule has 0 aliphatic carbocycles. The lowest BCUT2D eigenvalue weighted by molar-refractivity contribution is -0.136. The maximum absolute atomic E-state index is 12.7. The third kappa shape index (κ3) is 6.29. The van der Waals surface area contributed by atoms with E-state index >= 15 is 0 Å². The van der Waals surface area contributed by atoms with E-state index < -0.39 is 0 Å². The summed E-state index contributed by atoms with van der Waals surface area (Å²) in [5.41, 5.74) is 0.598. The van der Waals surface area contributed by atoms with Crippen LogP contribution in [-0.4, -0.2) is 84.8 Å². The number of benzene rings is 1. The molecule has 0 spiro atoms. The Morgan fingerprint density at radius 2 is 1.53 bits per heavy atom. The first-order valence-corrected chi connectivity index (χ1v) is 11.0. The van der Waals surface area contributed by atoms with Gasteiger partial charge in [0.15, 0.2) is 0 Å². The molecule has 7 heteroatoms. The van der Waals surface area contributed by atoms with Crippen molar-refractivity contribution < 1.29 is 14.4 Å². The van der Waals surface area contributed by atoms with E-state index in [1.807, 2.05) is 28.0 Å². The predicted molar refractivity (Wildman–Crippen MR) is 116 cm³/mol. The van der Waals surface area contributed by atoms with Crippen molar-refractivity contribution in [3.05, 3.63) is 35.9 Å². The molecule has 1 aromatic rings. The number of piperidine rings is 1. The monoisotopic (exact) mass is 414 g/mol. The maximum atomic E-state index is 12.7. The molecule has 0 saturated carbocycles. The van der Waals surface area contributed by atoms with Crippen molar-refractivity contribution in [2.24, 2.45) is 11.8 Å². The van der Waals surface area contributed by atoms with Gasteiger partial charge in [0.25, 0.3) is 5.91 Å². The lowest BCUT2D eigenvalue weighted by Gasteiger charge is -2.38. The summed E-state index contributed by atoms with van der Waals surface area (Å²) in [7, 11) is 0. The number of piperazine rings is 1. The highest BCUT2D eigenvalue weighted by atomic mass is 16.2. The SMILES string of the molecule is CC1CC(C)CN(C(=O)CN2CCN(C(=O)CCNC(=O)c3ccccc3)CC2)C1. The Kier molecular flexibility index (Phi) is 7.85. The normalized spacial score (nSPS) is 22.6. The molecule has 2 unspecified atom stereocenters. The van der Waals surface area contributed by atoms with Gasteiger partial charge in [-0.1, -0.05) is 32.0 Å². The number of hydrogen-bond donors (Lipinski definition) is 1. The number of nitrogens with zero attached hydrogens (tertiary/aromatic N) is 3. The molecule has 164 valence electrons. The molecule has 2 fully saturated rings. The first kappa shape index (κ1) is 22.3. The van der Waals surface area contributed by atoms with E-state index in [9.17, 15) is 14.4 Å². The van der Waals surface area contributed by atoms with E-state index in [4.69, 9.17) is 0 Å². The highest BCUT2D eigenvalue weighted by Crippen LogP contribution is 2.21. The van der Waals surface area contributed by atoms with Gasteiger partial charge < -0.3 is 15.1 Å². The van der Waals surface area contributed by atoms with E-state index in [2.05, 4.69) is 24.1 Å². The Morgan fingerprint density at radius 3 is 2.17 bits per heavy atom. The van der Waals surface area contributed by atoms with Crippen molar-refractivity contribution >= 4 is 17.7 Å². The molecule has 2 aliphatic rings. The van der Waals surface area contributed by atoms with Gasteiger partial charge in [0.1, 0.15) is 0 Å². The summed E-state index contributed by atoms with van der Waals surface area (Å²) in [6, 6.07) is 9.00. The molecular formula is C23H34N4O3. The van der Waals surface area contributed by atoms with Crippen LogP contribution in [0.2, 0.25) is 0 Å². The van der Waals surface area contributed by atoms with Crippen LogP contribution in [0.3, 0.4) is 0 Å². The number of carbonyl (C=O) groups is 3. The Hall–Kier alpha value is -2.41. The molecule has 2 atom stereocenters. The summed E-state index contributed by atoms with van der Waals surface area (Å²) in [6.07, 6.45) is 1.48. The minimum atomic E-state index is -0.159. The second kappa shape index (κ2) is 10.6. The Morgan fingerprint density at radius 1 is 0.900 bits per heavy atom. The molecule has 7 nitrogen and oxygen atoms in total. The summed E-state index contributed by atoms with van der Waals surface area (Å²) in [5, 5.41) is 2.80. The molecule has 0 radical (unpaired) electrons. The average Bonchev–Trinajstić information content (AvgIpc) is 2.74. The molecule has 1 aromatic carbocycles. The Bertz CT molecular complexity index is 721. The van der Waals surface area contributed by atoms with Gasteiger partial charge in [-0.3, -0.25) is 19.3 Å². The molecule has 2 aliphatic heterocycles. The Balaban J connectivity index is 1.35. The molecule has 0 aromatic heterocycles. The zero-order chi connectivity index (χ0) is 21.5. The maximum Gasteiger partial charge on any atom is 0.251 e. The van der Waals surface area contributed by atoms with Gasteiger partial charge in [0, 0.05) is 57.8 Å². The minimum Gasteiger partial charge on any atom is -0.352 e. The second-order valence-corrected chi connectivity index (χ2v) is 8.77. The van der Waals surface area contributed by atoms with Crippen LogP contribution in [0.5, 0.6) is 0 Å². The molecule has 3 rings (SSSR count). The van der Waals surface area contributed by atoms with Crippen molar-refractivity contribution in [2.75, 3.05) is 52.4 Å². The molecule has 1 N–H and O–H groups in total. The van der Waals surface area contributed by atoms with Gasteiger partial charge >= 0.3 is 0 Å². The van der Waals surface area contributed by atoms with Crippen LogP contribution in [0.1, 0.15) is 37.0 Å². The minimum absolute atomic E-state index is 0.0491. The van der Waals surface area contributed by atoms with E-state index in [0.717, 1.165) is 13.1 Å². The standard InChI is InChI=1S/C23H34N4O3/c1-18-14-19(2)16-27(15-18)22(29)17-25-10-12-26(13-11-25)21(28)8-9-24-23(30)20-6-4-3-5-7-20/h3-7,18-19H,8-17H2,1-2H3,(H,24,30). The molecule has 30 heavy (non-hydrogen) atoms. The van der Waals surface area contributed by atoms with Crippen molar-refractivity contribution in [1.82, 2.24) is 20.0 Å². The van der Waals surface area contributed by atoms with Gasteiger partial charge in [0.05, 0.1) is 6.54 Å². The number of hydrogen-bond acceptors (Lipinski definition) is 4. The van der Waals surface area contributed by atoms with E-state index in [1.54, 1.807) is 12.1 Å². The number of amides is 3. The first-order valence-electron chi connectivity index (χ1n) is 11.0. The summed E-state index contributed by atoms with van der Waals surface area (Å²) < 4.78 is 0. The third-order valence-corrected chi connectivity index (χ3v) is 5.97. The van der Waals surface area contributed by atoms with Gasteiger partial charge in [-0.2, -0.15) is 0 Å². The average molecular weight is 415 g/mol. The van der Waals surface area contributed by atoms with Crippen LogP contribution in [-0.2, 0) is 9.59 Å². The highest BCUT2D eigenvalue weighted by molar-refractivity contribution is 5.94. The summed E-state index contributed by atoms with van der Waals surface area (Å²) in [5.74, 6) is 1.22. The van der Waals surface area contributed by atoms with Crippen molar-refractivity contribution in [1.29, 1.82) is 0 Å². The summed E-state index contributed by atoms with van der Waals surface area (Å²) >= 11 is 0. The quantitative estimate of drug-likeness (QED) is 0.765. The lowest BCUT2D eigenvalue weighted by Crippen LogP contribution is -2.53. The molecule has 2 saturated heterocycles. The van der Waals surface area contributed by atoms with Crippen LogP contribution in [0.4, 0.5) is 0 Å². The van der Waals surface area contributed by atoms with Crippen molar-refractivity contribution in [2.45, 2.75) is 26.7 Å². The van der Waals surface area contributed by atoms with E-state index in [1.165, 1.54) is 6.42 Å². The molecule has 0 bridgehead atoms. The molecule has 3 amide bonds. The largest absolute Gasteiger partial charge is 0.352 e. The summed E-state index contributed by atoms with van der Waals surface area (Å²) in [4.78, 5) is 43.1. The van der Waals surface area contributed by atoms with Crippen molar-refractivity contribution in [3.63, 3.8) is 0 Å². The Labute approximate surface area is 179 Å². The predicted octanol–water partition coefficient (Wildman–Crippen LogP) is 1.46. The van der Waals surface area contributed by atoms with E-state index in [0.29, 0.717) is 63.1 Å². The van der Waals surface area contributed by atoms with Crippen LogP contribution in [0.15, 0.2) is 30.3 Å². The lowest BCUT2D eigenvalue weighted by atomic mass is 9.92. The summed E-state index contributed by atoms with van der Waals surface area (Å²) in [6.45, 7) is 9.60.